The van der Waals surface area contributed by atoms with Crippen LogP contribution >= 0.6 is 0 Å². The first-order valence-corrected chi connectivity index (χ1v) is 9.74. The third-order valence-corrected chi connectivity index (χ3v) is 4.33. The number of H-pyrrole nitrogens is 2. The maximum atomic E-state index is 12.3. The lowest BCUT2D eigenvalue weighted by Crippen LogP contribution is -2.34. The molecular weight excluding hydrogens is 416 g/mol. The Morgan fingerprint density at radius 1 is 0.906 bits per heavy atom. The summed E-state index contributed by atoms with van der Waals surface area (Å²) < 4.78 is 0. The van der Waals surface area contributed by atoms with Crippen LogP contribution in [0.15, 0.2) is 52.1 Å². The van der Waals surface area contributed by atoms with Crippen LogP contribution in [0.1, 0.15) is 24.2 Å². The third-order valence-electron chi connectivity index (χ3n) is 4.33. The minimum atomic E-state index is -0.575. The van der Waals surface area contributed by atoms with Crippen LogP contribution in [0.2, 0.25) is 0 Å². The van der Waals surface area contributed by atoms with Crippen LogP contribution in [0, 0.1) is 0 Å². The van der Waals surface area contributed by atoms with Gasteiger partial charge in [-0.05, 0) is 50.2 Å². The zero-order chi connectivity index (χ0) is 23.3. The van der Waals surface area contributed by atoms with Gasteiger partial charge in [0.05, 0.1) is 23.0 Å². The molecule has 0 fully saturated rings. The maximum absolute atomic E-state index is 12.3. The number of urea groups is 1. The summed E-state index contributed by atoms with van der Waals surface area (Å²) in [7, 11) is 0. The highest BCUT2D eigenvalue weighted by Gasteiger charge is 2.13. The smallest absolute Gasteiger partial charge is 0.319 e. The molecule has 0 radical (unpaired) electrons. The molecule has 0 saturated carbocycles. The Morgan fingerprint density at radius 2 is 1.59 bits per heavy atom. The number of aromatic nitrogens is 2. The molecule has 32 heavy (non-hydrogen) atoms. The molecule has 0 aliphatic heterocycles. The molecule has 2 aromatic carbocycles. The van der Waals surface area contributed by atoms with E-state index in [1.807, 2.05) is 13.8 Å². The summed E-state index contributed by atoms with van der Waals surface area (Å²) in [5.74, 6) is -1.07. The summed E-state index contributed by atoms with van der Waals surface area (Å²) >= 11 is 0. The molecule has 6 N–H and O–H groups in total. The lowest BCUT2D eigenvalue weighted by molar-refractivity contribution is -0.115. The van der Waals surface area contributed by atoms with E-state index in [9.17, 15) is 24.0 Å². The van der Waals surface area contributed by atoms with Crippen molar-refractivity contribution >= 4 is 40.0 Å². The average Bonchev–Trinajstić information content (AvgIpc) is 2.74. The van der Waals surface area contributed by atoms with Gasteiger partial charge in [-0.15, -0.1) is 0 Å². The standard InChI is InChI=1S/C21H22N6O5/c1-11(2)23-21(32)24-13-8-6-12(7-9-13)18(29)22-10-16(28)25-15-5-3-4-14-17(15)20(31)27-26-19(14)30/h3-9,11H,10H2,1-2H3,(H,22,29)(H,25,28)(H,26,30)(H,27,31)(H2,23,24,32). The Morgan fingerprint density at radius 3 is 2.28 bits per heavy atom. The normalized spacial score (nSPS) is 10.6. The van der Waals surface area contributed by atoms with Crippen molar-refractivity contribution in [2.45, 2.75) is 19.9 Å². The number of fused-ring (bicyclic) bond motifs is 1. The number of benzene rings is 2. The van der Waals surface area contributed by atoms with E-state index in [2.05, 4.69) is 31.5 Å². The topological polar surface area (TPSA) is 165 Å². The van der Waals surface area contributed by atoms with Crippen molar-refractivity contribution < 1.29 is 14.4 Å². The molecule has 0 spiro atoms. The zero-order valence-electron chi connectivity index (χ0n) is 17.4. The summed E-state index contributed by atoms with van der Waals surface area (Å²) in [4.78, 5) is 60.2. The summed E-state index contributed by atoms with van der Waals surface area (Å²) in [6, 6.07) is 10.3. The van der Waals surface area contributed by atoms with E-state index >= 15 is 0 Å². The molecule has 0 atom stereocenters. The first-order chi connectivity index (χ1) is 15.2. The molecule has 11 nitrogen and oxygen atoms in total. The van der Waals surface area contributed by atoms with Crippen LogP contribution < -0.4 is 32.4 Å². The molecule has 1 heterocycles. The predicted octanol–water partition coefficient (Wildman–Crippen LogP) is 1.11. The molecular formula is C21H22N6O5. The molecule has 0 aliphatic carbocycles. The van der Waals surface area contributed by atoms with E-state index in [-0.39, 0.29) is 35.1 Å². The molecule has 3 rings (SSSR count). The van der Waals surface area contributed by atoms with Crippen molar-refractivity contribution in [1.82, 2.24) is 20.8 Å². The molecule has 0 unspecified atom stereocenters. The number of amides is 4. The predicted molar refractivity (Wildman–Crippen MR) is 120 cm³/mol. The van der Waals surface area contributed by atoms with Gasteiger partial charge in [0.1, 0.15) is 0 Å². The van der Waals surface area contributed by atoms with Gasteiger partial charge in [0, 0.05) is 17.3 Å². The van der Waals surface area contributed by atoms with E-state index in [1.54, 1.807) is 12.1 Å². The number of aromatic amines is 2. The molecule has 4 amide bonds. The highest BCUT2D eigenvalue weighted by Crippen LogP contribution is 2.16. The van der Waals surface area contributed by atoms with E-state index in [4.69, 9.17) is 0 Å². The number of nitrogens with one attached hydrogen (secondary N) is 6. The summed E-state index contributed by atoms with van der Waals surface area (Å²) in [5.41, 5.74) is -0.0995. The second-order valence-electron chi connectivity index (χ2n) is 7.20. The van der Waals surface area contributed by atoms with Crippen molar-refractivity contribution in [3.8, 4) is 0 Å². The molecule has 0 saturated heterocycles. The lowest BCUT2D eigenvalue weighted by Gasteiger charge is -2.11. The first-order valence-electron chi connectivity index (χ1n) is 9.74. The van der Waals surface area contributed by atoms with Gasteiger partial charge in [-0.25, -0.2) is 4.79 Å². The van der Waals surface area contributed by atoms with Crippen molar-refractivity contribution in [2.24, 2.45) is 0 Å². The summed E-state index contributed by atoms with van der Waals surface area (Å²) in [6.07, 6.45) is 0. The van der Waals surface area contributed by atoms with Crippen LogP contribution in [0.4, 0.5) is 16.2 Å². The first kappa shape index (κ1) is 22.3. The number of anilines is 2. The van der Waals surface area contributed by atoms with Crippen molar-refractivity contribution in [3.05, 3.63) is 68.7 Å². The fourth-order valence-corrected chi connectivity index (χ4v) is 2.93. The average molecular weight is 438 g/mol. The van der Waals surface area contributed by atoms with Gasteiger partial charge in [0.25, 0.3) is 17.0 Å². The van der Waals surface area contributed by atoms with Gasteiger partial charge in [0.15, 0.2) is 0 Å². The highest BCUT2D eigenvalue weighted by atomic mass is 16.2. The Hall–Kier alpha value is -4.41. The SMILES string of the molecule is CC(C)NC(=O)Nc1ccc(C(=O)NCC(=O)Nc2cccc3c(=O)[nH][nH]c(=O)c23)cc1. The largest absolute Gasteiger partial charge is 0.343 e. The molecule has 166 valence electrons. The number of hydrogen-bond acceptors (Lipinski definition) is 5. The minimum Gasteiger partial charge on any atom is -0.343 e. The van der Waals surface area contributed by atoms with Gasteiger partial charge in [-0.3, -0.25) is 29.4 Å². The van der Waals surface area contributed by atoms with Gasteiger partial charge < -0.3 is 21.3 Å². The Labute approximate surface area is 181 Å². The van der Waals surface area contributed by atoms with Gasteiger partial charge >= 0.3 is 6.03 Å². The fourth-order valence-electron chi connectivity index (χ4n) is 2.93. The molecule has 0 aliphatic rings. The van der Waals surface area contributed by atoms with Gasteiger partial charge in [0.2, 0.25) is 5.91 Å². The summed E-state index contributed by atoms with van der Waals surface area (Å²) in [6.45, 7) is 3.31. The molecule has 11 heteroatoms. The number of carbonyl (C=O) groups excluding carboxylic acids is 3. The highest BCUT2D eigenvalue weighted by molar-refractivity contribution is 6.04. The van der Waals surface area contributed by atoms with Crippen molar-refractivity contribution in [1.29, 1.82) is 0 Å². The monoisotopic (exact) mass is 438 g/mol. The van der Waals surface area contributed by atoms with Crippen molar-refractivity contribution in [3.63, 3.8) is 0 Å². The number of carbonyl (C=O) groups is 3. The van der Waals surface area contributed by atoms with Crippen LogP contribution in [0.3, 0.4) is 0 Å². The van der Waals surface area contributed by atoms with Gasteiger partial charge in [-0.2, -0.15) is 0 Å². The molecule has 1 aromatic heterocycles. The fraction of sp³-hybridized carbons (Fsp3) is 0.190. The Balaban J connectivity index is 1.60. The van der Waals surface area contributed by atoms with E-state index in [0.717, 1.165) is 0 Å². The lowest BCUT2D eigenvalue weighted by atomic mass is 10.1. The van der Waals surface area contributed by atoms with Crippen LogP contribution in [0.5, 0.6) is 0 Å². The maximum Gasteiger partial charge on any atom is 0.319 e. The third kappa shape index (κ3) is 5.39. The second-order valence-corrected chi connectivity index (χ2v) is 7.20. The quantitative estimate of drug-likeness (QED) is 0.339. The zero-order valence-corrected chi connectivity index (χ0v) is 17.4. The number of hydrogen-bond donors (Lipinski definition) is 6. The molecule has 3 aromatic rings. The second kappa shape index (κ2) is 9.60. The van der Waals surface area contributed by atoms with E-state index in [0.29, 0.717) is 11.3 Å². The van der Waals surface area contributed by atoms with Crippen LogP contribution in [-0.2, 0) is 4.79 Å². The minimum absolute atomic E-state index is 0.0147. The number of rotatable bonds is 6. The van der Waals surface area contributed by atoms with Crippen LogP contribution in [0.25, 0.3) is 10.8 Å². The van der Waals surface area contributed by atoms with Gasteiger partial charge in [-0.1, -0.05) is 6.07 Å². The van der Waals surface area contributed by atoms with Crippen LogP contribution in [-0.4, -0.2) is 40.6 Å². The summed E-state index contributed by atoms with van der Waals surface area (Å²) in [5, 5.41) is 14.9. The molecule has 0 bridgehead atoms. The van der Waals surface area contributed by atoms with Crippen molar-refractivity contribution in [2.75, 3.05) is 17.2 Å². The Bertz CT molecular complexity index is 1280. The van der Waals surface area contributed by atoms with E-state index < -0.39 is 22.9 Å². The van der Waals surface area contributed by atoms with E-state index in [1.165, 1.54) is 30.3 Å². The Kier molecular flexibility index (Phi) is 6.68.